The van der Waals surface area contributed by atoms with Crippen LogP contribution in [0.4, 0.5) is 0 Å². The normalized spacial score (nSPS) is 11.0. The molecule has 0 rings (SSSR count). The SMILES string of the molecule is CCO/C(N)=C/C(N)=O. The molecule has 0 fully saturated rings. The predicted octanol–water partition coefficient (Wildman–Crippen LogP) is -0.692. The van der Waals surface area contributed by atoms with E-state index in [0.29, 0.717) is 6.61 Å². The highest BCUT2D eigenvalue weighted by Crippen LogP contribution is 1.83. The van der Waals surface area contributed by atoms with Crippen LogP contribution in [0, 0.1) is 0 Å². The average molecular weight is 130 g/mol. The summed E-state index contributed by atoms with van der Waals surface area (Å²) < 4.78 is 4.69. The van der Waals surface area contributed by atoms with Crippen molar-refractivity contribution >= 4 is 5.91 Å². The molecule has 0 atom stereocenters. The first-order valence-electron chi connectivity index (χ1n) is 2.56. The summed E-state index contributed by atoms with van der Waals surface area (Å²) in [4.78, 5) is 10.1. The van der Waals surface area contributed by atoms with Gasteiger partial charge in [-0.2, -0.15) is 0 Å². The van der Waals surface area contributed by atoms with Crippen molar-refractivity contribution in [2.24, 2.45) is 11.5 Å². The molecule has 0 radical (unpaired) electrons. The third kappa shape index (κ3) is 4.67. The lowest BCUT2D eigenvalue weighted by Crippen LogP contribution is -2.12. The molecule has 4 N–H and O–H groups in total. The number of rotatable bonds is 3. The monoisotopic (exact) mass is 130 g/mol. The van der Waals surface area contributed by atoms with Crippen LogP contribution >= 0.6 is 0 Å². The van der Waals surface area contributed by atoms with E-state index in [1.165, 1.54) is 0 Å². The molecular formula is C5H10N2O2. The Morgan fingerprint density at radius 1 is 1.67 bits per heavy atom. The first-order chi connectivity index (χ1) is 4.16. The maximum Gasteiger partial charge on any atom is 0.246 e. The van der Waals surface area contributed by atoms with Crippen molar-refractivity contribution in [3.05, 3.63) is 12.0 Å². The van der Waals surface area contributed by atoms with Crippen molar-refractivity contribution in [2.45, 2.75) is 6.92 Å². The Hall–Kier alpha value is -1.19. The van der Waals surface area contributed by atoms with Crippen LogP contribution in [-0.4, -0.2) is 12.5 Å². The number of amides is 1. The van der Waals surface area contributed by atoms with Gasteiger partial charge in [-0.25, -0.2) is 0 Å². The second kappa shape index (κ2) is 3.77. The Morgan fingerprint density at radius 2 is 2.22 bits per heavy atom. The van der Waals surface area contributed by atoms with Crippen LogP contribution in [0.2, 0.25) is 0 Å². The second-order valence-corrected chi connectivity index (χ2v) is 1.38. The summed E-state index contributed by atoms with van der Waals surface area (Å²) in [5, 5.41) is 0. The molecule has 0 aromatic rings. The Balaban J connectivity index is 3.69. The second-order valence-electron chi connectivity index (χ2n) is 1.38. The zero-order chi connectivity index (χ0) is 7.28. The molecule has 4 nitrogen and oxygen atoms in total. The van der Waals surface area contributed by atoms with Crippen LogP contribution in [-0.2, 0) is 9.53 Å². The van der Waals surface area contributed by atoms with Gasteiger partial charge in [0, 0.05) is 0 Å². The zero-order valence-corrected chi connectivity index (χ0v) is 5.26. The summed E-state index contributed by atoms with van der Waals surface area (Å²) in [5.41, 5.74) is 9.87. The minimum Gasteiger partial charge on any atom is -0.479 e. The number of primary amides is 1. The van der Waals surface area contributed by atoms with E-state index in [-0.39, 0.29) is 5.88 Å². The van der Waals surface area contributed by atoms with Crippen molar-refractivity contribution < 1.29 is 9.53 Å². The van der Waals surface area contributed by atoms with Crippen molar-refractivity contribution in [1.29, 1.82) is 0 Å². The Kier molecular flexibility index (Phi) is 3.27. The van der Waals surface area contributed by atoms with Gasteiger partial charge in [-0.3, -0.25) is 4.79 Å². The molecule has 0 aromatic heterocycles. The van der Waals surface area contributed by atoms with Gasteiger partial charge in [0.25, 0.3) is 0 Å². The molecule has 4 heteroatoms. The highest BCUT2D eigenvalue weighted by atomic mass is 16.5. The molecule has 0 unspecified atom stereocenters. The van der Waals surface area contributed by atoms with E-state index < -0.39 is 5.91 Å². The number of carbonyl (C=O) groups is 1. The minimum atomic E-state index is -0.596. The highest BCUT2D eigenvalue weighted by Gasteiger charge is 1.89. The molecular weight excluding hydrogens is 120 g/mol. The molecule has 1 amide bonds. The maximum atomic E-state index is 10.1. The van der Waals surface area contributed by atoms with Crippen LogP contribution in [0.5, 0.6) is 0 Å². The lowest BCUT2D eigenvalue weighted by Gasteiger charge is -1.98. The lowest BCUT2D eigenvalue weighted by atomic mass is 10.6. The van der Waals surface area contributed by atoms with Gasteiger partial charge in [0.2, 0.25) is 5.91 Å². The van der Waals surface area contributed by atoms with Crippen molar-refractivity contribution in [3.8, 4) is 0 Å². The van der Waals surface area contributed by atoms with E-state index in [1.54, 1.807) is 6.92 Å². The number of carbonyl (C=O) groups excluding carboxylic acids is 1. The fourth-order valence-corrected chi connectivity index (χ4v) is 0.349. The number of hydrogen-bond acceptors (Lipinski definition) is 3. The lowest BCUT2D eigenvalue weighted by molar-refractivity contribution is -0.113. The number of hydrogen-bond donors (Lipinski definition) is 2. The maximum absolute atomic E-state index is 10.1. The summed E-state index contributed by atoms with van der Waals surface area (Å²) in [5.74, 6) is -0.536. The van der Waals surface area contributed by atoms with Gasteiger partial charge in [-0.15, -0.1) is 0 Å². The first-order valence-corrected chi connectivity index (χ1v) is 2.56. The Morgan fingerprint density at radius 3 is 2.56 bits per heavy atom. The molecule has 0 aliphatic heterocycles. The topological polar surface area (TPSA) is 78.3 Å². The number of ether oxygens (including phenoxy) is 1. The summed E-state index contributed by atoms with van der Waals surface area (Å²) in [6.45, 7) is 2.21. The first kappa shape index (κ1) is 7.81. The van der Waals surface area contributed by atoms with E-state index in [0.717, 1.165) is 6.08 Å². The molecule has 0 bridgehead atoms. The number of nitrogens with two attached hydrogens (primary N) is 2. The molecule has 0 aliphatic carbocycles. The van der Waals surface area contributed by atoms with Crippen LogP contribution in [0.15, 0.2) is 12.0 Å². The third-order valence-corrected chi connectivity index (χ3v) is 0.596. The fourth-order valence-electron chi connectivity index (χ4n) is 0.349. The van der Waals surface area contributed by atoms with Gasteiger partial charge >= 0.3 is 0 Å². The van der Waals surface area contributed by atoms with Crippen LogP contribution in [0.25, 0.3) is 0 Å². The molecule has 0 saturated carbocycles. The van der Waals surface area contributed by atoms with Gasteiger partial charge in [-0.1, -0.05) is 0 Å². The van der Waals surface area contributed by atoms with Gasteiger partial charge < -0.3 is 16.2 Å². The van der Waals surface area contributed by atoms with E-state index in [2.05, 4.69) is 0 Å². The zero-order valence-electron chi connectivity index (χ0n) is 5.26. The van der Waals surface area contributed by atoms with Crippen molar-refractivity contribution in [3.63, 3.8) is 0 Å². The quantitative estimate of drug-likeness (QED) is 0.392. The van der Waals surface area contributed by atoms with Crippen LogP contribution in [0.1, 0.15) is 6.92 Å². The fraction of sp³-hybridized carbons (Fsp3) is 0.400. The van der Waals surface area contributed by atoms with E-state index in [1.807, 2.05) is 0 Å². The molecule has 0 aromatic carbocycles. The van der Waals surface area contributed by atoms with Crippen LogP contribution in [0.3, 0.4) is 0 Å². The molecule has 9 heavy (non-hydrogen) atoms. The molecule has 0 heterocycles. The Bertz CT molecular complexity index is 131. The molecule has 0 spiro atoms. The smallest absolute Gasteiger partial charge is 0.246 e. The summed E-state index contributed by atoms with van der Waals surface area (Å²) >= 11 is 0. The van der Waals surface area contributed by atoms with E-state index >= 15 is 0 Å². The largest absolute Gasteiger partial charge is 0.479 e. The van der Waals surface area contributed by atoms with Crippen molar-refractivity contribution in [1.82, 2.24) is 0 Å². The predicted molar refractivity (Wildman–Crippen MR) is 33.1 cm³/mol. The standard InChI is InChI=1S/C5H10N2O2/c1-2-9-5(7)3-4(6)8/h3H,2,7H2,1H3,(H2,6,8)/b5-3+. The van der Waals surface area contributed by atoms with Gasteiger partial charge in [0.15, 0.2) is 5.88 Å². The summed E-state index contributed by atoms with van der Waals surface area (Å²) in [6, 6.07) is 0. The van der Waals surface area contributed by atoms with E-state index in [4.69, 9.17) is 16.2 Å². The third-order valence-electron chi connectivity index (χ3n) is 0.596. The van der Waals surface area contributed by atoms with Gasteiger partial charge in [-0.05, 0) is 6.92 Å². The van der Waals surface area contributed by atoms with E-state index in [9.17, 15) is 4.79 Å². The average Bonchev–Trinajstić information content (AvgIpc) is 1.63. The van der Waals surface area contributed by atoms with Crippen LogP contribution < -0.4 is 11.5 Å². The Labute approximate surface area is 53.5 Å². The molecule has 52 valence electrons. The summed E-state index contributed by atoms with van der Waals surface area (Å²) in [7, 11) is 0. The minimum absolute atomic E-state index is 0.0602. The van der Waals surface area contributed by atoms with Gasteiger partial charge in [0.1, 0.15) is 0 Å². The van der Waals surface area contributed by atoms with Gasteiger partial charge in [0.05, 0.1) is 12.7 Å². The van der Waals surface area contributed by atoms with Crippen molar-refractivity contribution in [2.75, 3.05) is 6.61 Å². The molecule has 0 aliphatic rings. The molecule has 0 saturated heterocycles. The highest BCUT2D eigenvalue weighted by molar-refractivity contribution is 5.86. The summed E-state index contributed by atoms with van der Waals surface area (Å²) in [6.07, 6.45) is 1.03.